The number of rotatable bonds is 3. The Morgan fingerprint density at radius 3 is 2.81 bits per heavy atom. The van der Waals surface area contributed by atoms with Gasteiger partial charge in [0.15, 0.2) is 0 Å². The van der Waals surface area contributed by atoms with Crippen LogP contribution in [0.15, 0.2) is 30.9 Å². The van der Waals surface area contributed by atoms with Crippen molar-refractivity contribution in [1.29, 1.82) is 0 Å². The van der Waals surface area contributed by atoms with Gasteiger partial charge in [-0.2, -0.15) is 0 Å². The van der Waals surface area contributed by atoms with Crippen LogP contribution >= 0.6 is 0 Å². The molecule has 2 aromatic rings. The number of piperidine rings is 1. The minimum atomic E-state index is -0.477. The van der Waals surface area contributed by atoms with E-state index in [4.69, 9.17) is 4.74 Å². The van der Waals surface area contributed by atoms with Crippen molar-refractivity contribution >= 4 is 11.8 Å². The second-order valence-electron chi connectivity index (χ2n) is 7.02. The average molecular weight is 369 g/mol. The molecular weight excluding hydrogens is 346 g/mol. The number of carbonyl (C=O) groups is 2. The van der Waals surface area contributed by atoms with Gasteiger partial charge in [-0.05, 0) is 25.0 Å². The van der Waals surface area contributed by atoms with Crippen molar-refractivity contribution < 1.29 is 14.3 Å². The van der Waals surface area contributed by atoms with Crippen LogP contribution in [0.2, 0.25) is 0 Å². The number of likely N-dealkylation sites (tertiary alicyclic amines) is 1. The van der Waals surface area contributed by atoms with Crippen molar-refractivity contribution in [1.82, 2.24) is 24.8 Å². The molecular formula is C19H23N5O3. The van der Waals surface area contributed by atoms with Gasteiger partial charge in [0.25, 0.3) is 5.91 Å². The van der Waals surface area contributed by atoms with E-state index in [0.717, 1.165) is 17.8 Å². The van der Waals surface area contributed by atoms with E-state index in [-0.39, 0.29) is 18.4 Å². The number of imidazole rings is 1. The van der Waals surface area contributed by atoms with Gasteiger partial charge in [0, 0.05) is 51.3 Å². The van der Waals surface area contributed by atoms with Crippen LogP contribution in [0.1, 0.15) is 34.6 Å². The Labute approximate surface area is 157 Å². The molecule has 4 rings (SSSR count). The molecule has 0 unspecified atom stereocenters. The number of aromatic nitrogens is 3. The van der Waals surface area contributed by atoms with Crippen molar-refractivity contribution in [2.75, 3.05) is 33.4 Å². The van der Waals surface area contributed by atoms with Crippen LogP contribution in [0.5, 0.6) is 0 Å². The third kappa shape index (κ3) is 2.99. The zero-order chi connectivity index (χ0) is 18.9. The summed E-state index contributed by atoms with van der Waals surface area (Å²) in [6, 6.07) is 3.54. The van der Waals surface area contributed by atoms with Gasteiger partial charge in [-0.3, -0.25) is 14.6 Å². The fourth-order valence-corrected chi connectivity index (χ4v) is 4.30. The van der Waals surface area contributed by atoms with Gasteiger partial charge < -0.3 is 19.5 Å². The van der Waals surface area contributed by atoms with Crippen molar-refractivity contribution in [2.24, 2.45) is 0 Å². The van der Waals surface area contributed by atoms with Crippen molar-refractivity contribution in [3.8, 4) is 0 Å². The lowest BCUT2D eigenvalue weighted by Gasteiger charge is -2.50. The van der Waals surface area contributed by atoms with Crippen LogP contribution in [0.3, 0.4) is 0 Å². The highest BCUT2D eigenvalue weighted by molar-refractivity contribution is 5.94. The summed E-state index contributed by atoms with van der Waals surface area (Å²) in [7, 11) is 1.53. The van der Waals surface area contributed by atoms with Crippen molar-refractivity contribution in [3.63, 3.8) is 0 Å². The van der Waals surface area contributed by atoms with Gasteiger partial charge in [-0.25, -0.2) is 4.98 Å². The number of hydrogen-bond acceptors (Lipinski definition) is 5. The van der Waals surface area contributed by atoms with Crippen LogP contribution in [-0.2, 0) is 21.5 Å². The van der Waals surface area contributed by atoms with E-state index < -0.39 is 5.54 Å². The largest absolute Gasteiger partial charge is 0.375 e. The number of ether oxygens (including phenoxy) is 1. The van der Waals surface area contributed by atoms with Crippen molar-refractivity contribution in [2.45, 2.75) is 24.8 Å². The molecule has 2 amide bonds. The second-order valence-corrected chi connectivity index (χ2v) is 7.02. The van der Waals surface area contributed by atoms with E-state index in [9.17, 15) is 9.59 Å². The van der Waals surface area contributed by atoms with Gasteiger partial charge in [-0.15, -0.1) is 0 Å². The Morgan fingerprint density at radius 2 is 2.11 bits per heavy atom. The monoisotopic (exact) mass is 369 g/mol. The lowest BCUT2D eigenvalue weighted by Crippen LogP contribution is -2.59. The first kappa shape index (κ1) is 17.7. The number of fused-ring (bicyclic) bond motifs is 2. The third-order valence-electron chi connectivity index (χ3n) is 5.62. The molecule has 1 spiro atoms. The van der Waals surface area contributed by atoms with Crippen LogP contribution in [0.25, 0.3) is 0 Å². The quantitative estimate of drug-likeness (QED) is 0.870. The molecule has 2 aliphatic heterocycles. The molecule has 2 aromatic heterocycles. The number of methoxy groups -OCH3 is 1. The molecule has 0 saturated carbocycles. The Bertz CT molecular complexity index is 827. The summed E-state index contributed by atoms with van der Waals surface area (Å²) < 4.78 is 5.09. The Hall–Kier alpha value is -2.74. The maximum absolute atomic E-state index is 12.7. The Kier molecular flexibility index (Phi) is 4.65. The summed E-state index contributed by atoms with van der Waals surface area (Å²) in [6.45, 7) is 1.82. The molecule has 1 saturated heterocycles. The van der Waals surface area contributed by atoms with Crippen LogP contribution in [-0.4, -0.2) is 69.9 Å². The third-order valence-corrected chi connectivity index (χ3v) is 5.62. The van der Waals surface area contributed by atoms with Gasteiger partial charge in [-0.1, -0.05) is 0 Å². The summed E-state index contributed by atoms with van der Waals surface area (Å²) >= 11 is 0. The van der Waals surface area contributed by atoms with Gasteiger partial charge >= 0.3 is 0 Å². The number of nitrogens with zero attached hydrogens (tertiary/aromatic N) is 4. The van der Waals surface area contributed by atoms with E-state index in [1.807, 2.05) is 9.80 Å². The molecule has 0 radical (unpaired) electrons. The van der Waals surface area contributed by atoms with Crippen LogP contribution < -0.4 is 0 Å². The van der Waals surface area contributed by atoms with E-state index >= 15 is 0 Å². The average Bonchev–Trinajstić information content (AvgIpc) is 3.19. The van der Waals surface area contributed by atoms with Crippen LogP contribution in [0, 0.1) is 0 Å². The molecule has 4 heterocycles. The first-order valence-corrected chi connectivity index (χ1v) is 9.17. The summed E-state index contributed by atoms with van der Waals surface area (Å²) in [5, 5.41) is 0. The van der Waals surface area contributed by atoms with E-state index in [2.05, 4.69) is 15.0 Å². The first-order chi connectivity index (χ1) is 13.2. The lowest BCUT2D eigenvalue weighted by atomic mass is 9.78. The standard InChI is InChI=1S/C19H23N5O3/c1-27-12-16(25)24-8-4-15-17(22-13-21-15)19(24)5-9-23(10-6-19)18(26)14-3-2-7-20-11-14/h2-3,7,11,13H,4-6,8-10,12H2,1H3,(H,21,22). The first-order valence-electron chi connectivity index (χ1n) is 9.17. The molecule has 0 aliphatic carbocycles. The Balaban J connectivity index is 1.58. The van der Waals surface area contributed by atoms with Gasteiger partial charge in [0.1, 0.15) is 6.61 Å². The highest BCUT2D eigenvalue weighted by atomic mass is 16.5. The van der Waals surface area contributed by atoms with Gasteiger partial charge in [0.05, 0.1) is 23.1 Å². The fraction of sp³-hybridized carbons (Fsp3) is 0.474. The number of carbonyl (C=O) groups excluding carboxylic acids is 2. The minimum Gasteiger partial charge on any atom is -0.375 e. The predicted molar refractivity (Wildman–Crippen MR) is 96.9 cm³/mol. The number of hydrogen-bond donors (Lipinski definition) is 1. The molecule has 27 heavy (non-hydrogen) atoms. The maximum atomic E-state index is 12.7. The summed E-state index contributed by atoms with van der Waals surface area (Å²) in [5.74, 6) is -0.0519. The molecule has 1 fully saturated rings. The topological polar surface area (TPSA) is 91.4 Å². The van der Waals surface area contributed by atoms with E-state index in [1.165, 1.54) is 7.11 Å². The highest BCUT2D eigenvalue weighted by Gasteiger charge is 2.49. The number of aromatic amines is 1. The molecule has 8 heteroatoms. The zero-order valence-corrected chi connectivity index (χ0v) is 15.4. The SMILES string of the molecule is COCC(=O)N1CCc2[nH]cnc2C12CCN(C(=O)c1cccnc1)CC2. The molecule has 142 valence electrons. The summed E-state index contributed by atoms with van der Waals surface area (Å²) in [6.07, 6.45) is 7.02. The normalized spacial score (nSPS) is 18.4. The second kappa shape index (κ2) is 7.11. The summed E-state index contributed by atoms with van der Waals surface area (Å²) in [5.41, 5.74) is 2.13. The van der Waals surface area contributed by atoms with E-state index in [0.29, 0.717) is 38.0 Å². The Morgan fingerprint density at radius 1 is 1.30 bits per heavy atom. The number of amides is 2. The molecule has 0 aromatic carbocycles. The molecule has 8 nitrogen and oxygen atoms in total. The number of nitrogens with one attached hydrogen (secondary N) is 1. The molecule has 2 aliphatic rings. The molecule has 0 bridgehead atoms. The summed E-state index contributed by atoms with van der Waals surface area (Å²) in [4.78, 5) is 41.0. The minimum absolute atomic E-state index is 0.0224. The highest BCUT2D eigenvalue weighted by Crippen LogP contribution is 2.42. The van der Waals surface area contributed by atoms with Crippen molar-refractivity contribution in [3.05, 3.63) is 47.8 Å². The number of pyridine rings is 1. The zero-order valence-electron chi connectivity index (χ0n) is 15.4. The van der Waals surface area contributed by atoms with Crippen LogP contribution in [0.4, 0.5) is 0 Å². The van der Waals surface area contributed by atoms with E-state index in [1.54, 1.807) is 30.9 Å². The molecule has 0 atom stereocenters. The lowest BCUT2D eigenvalue weighted by molar-refractivity contribution is -0.145. The molecule has 1 N–H and O–H groups in total. The number of H-pyrrole nitrogens is 1. The maximum Gasteiger partial charge on any atom is 0.255 e. The fourth-order valence-electron chi connectivity index (χ4n) is 4.30. The predicted octanol–water partition coefficient (Wildman–Crippen LogP) is 0.967. The smallest absolute Gasteiger partial charge is 0.255 e. The van der Waals surface area contributed by atoms with Gasteiger partial charge in [0.2, 0.25) is 5.91 Å².